The molecule has 0 bridgehead atoms. The van der Waals surface area contributed by atoms with E-state index in [4.69, 9.17) is 5.11 Å². The van der Waals surface area contributed by atoms with Crippen LogP contribution < -0.4 is 5.32 Å². The zero-order chi connectivity index (χ0) is 14.0. The van der Waals surface area contributed by atoms with E-state index in [1.165, 1.54) is 18.3 Å². The number of carboxylic acids is 1. The van der Waals surface area contributed by atoms with Gasteiger partial charge in [-0.1, -0.05) is 0 Å². The van der Waals surface area contributed by atoms with E-state index in [1.54, 1.807) is 6.92 Å². The van der Waals surface area contributed by atoms with Gasteiger partial charge in [-0.15, -0.1) is 11.3 Å². The van der Waals surface area contributed by atoms with Crippen molar-refractivity contribution in [3.8, 4) is 5.75 Å². The molecule has 0 unspecified atom stereocenters. The predicted octanol–water partition coefficient (Wildman–Crippen LogP) is 2.11. The van der Waals surface area contributed by atoms with Crippen LogP contribution in [0.3, 0.4) is 0 Å². The van der Waals surface area contributed by atoms with Gasteiger partial charge in [0.15, 0.2) is 0 Å². The average molecular weight is 278 g/mol. The van der Waals surface area contributed by atoms with Gasteiger partial charge in [0.1, 0.15) is 10.8 Å². The molecule has 98 valence electrons. The molecule has 3 N–H and O–H groups in total. The number of carbonyl (C=O) groups is 2. The molecule has 2 heterocycles. The van der Waals surface area contributed by atoms with Crippen molar-refractivity contribution in [1.29, 1.82) is 0 Å². The highest BCUT2D eigenvalue weighted by Gasteiger charge is 2.18. The van der Waals surface area contributed by atoms with Crippen LogP contribution in [0.15, 0.2) is 24.5 Å². The molecule has 0 atom stereocenters. The van der Waals surface area contributed by atoms with Crippen LogP contribution in [0.5, 0.6) is 5.75 Å². The predicted molar refractivity (Wildman–Crippen MR) is 69.9 cm³/mol. The number of hydrogen-bond donors (Lipinski definition) is 3. The first kappa shape index (κ1) is 13.0. The molecule has 2 aromatic heterocycles. The van der Waals surface area contributed by atoms with Crippen molar-refractivity contribution >= 4 is 28.2 Å². The number of aromatic hydroxyl groups is 1. The summed E-state index contributed by atoms with van der Waals surface area (Å²) in [6.45, 7) is 1.75. The van der Waals surface area contributed by atoms with Gasteiger partial charge in [0, 0.05) is 11.1 Å². The lowest BCUT2D eigenvalue weighted by Crippen LogP contribution is -2.13. The molecule has 0 aliphatic carbocycles. The summed E-state index contributed by atoms with van der Waals surface area (Å²) in [6, 6.07) is 2.83. The first-order valence-corrected chi connectivity index (χ1v) is 6.08. The summed E-state index contributed by atoms with van der Waals surface area (Å²) in [6.07, 6.45) is 2.51. The minimum absolute atomic E-state index is 0.0318. The normalized spacial score (nSPS) is 10.2. The molecule has 7 heteroatoms. The van der Waals surface area contributed by atoms with Crippen molar-refractivity contribution in [1.82, 2.24) is 4.98 Å². The fraction of sp³-hybridized carbons (Fsp3) is 0.0833. The molecule has 1 amide bonds. The van der Waals surface area contributed by atoms with Crippen molar-refractivity contribution in [2.75, 3.05) is 5.32 Å². The van der Waals surface area contributed by atoms with Crippen LogP contribution in [0, 0.1) is 6.92 Å². The van der Waals surface area contributed by atoms with Gasteiger partial charge in [0.05, 0.1) is 17.3 Å². The quantitative estimate of drug-likeness (QED) is 0.798. The fourth-order valence-corrected chi connectivity index (χ4v) is 2.41. The zero-order valence-corrected chi connectivity index (χ0v) is 10.7. The lowest BCUT2D eigenvalue weighted by molar-refractivity contribution is 0.0698. The lowest BCUT2D eigenvalue weighted by atomic mass is 10.2. The van der Waals surface area contributed by atoms with Crippen LogP contribution in [0.2, 0.25) is 0 Å². The van der Waals surface area contributed by atoms with E-state index in [1.807, 2.05) is 0 Å². The Hall–Kier alpha value is -2.41. The molecule has 0 spiro atoms. The standard InChI is InChI=1S/C12H10N2O4S/c1-6-4-8(12(17)18)11(19-6)14-10(16)7-2-3-13-5-9(7)15/h2-5,15H,1H3,(H,14,16)(H,17,18). The fourth-order valence-electron chi connectivity index (χ4n) is 1.51. The number of aromatic nitrogens is 1. The van der Waals surface area contributed by atoms with Gasteiger partial charge >= 0.3 is 5.97 Å². The summed E-state index contributed by atoms with van der Waals surface area (Å²) in [4.78, 5) is 27.4. The second-order valence-corrected chi connectivity index (χ2v) is 5.01. The Morgan fingerprint density at radius 1 is 1.37 bits per heavy atom. The Morgan fingerprint density at radius 2 is 2.11 bits per heavy atom. The number of aromatic carboxylic acids is 1. The Bertz CT molecular complexity index is 651. The second kappa shape index (κ2) is 5.07. The molecule has 0 aliphatic heterocycles. The third kappa shape index (κ3) is 2.71. The first-order chi connectivity index (χ1) is 8.99. The maximum atomic E-state index is 11.9. The lowest BCUT2D eigenvalue weighted by Gasteiger charge is -2.05. The molecule has 0 saturated carbocycles. The van der Waals surface area contributed by atoms with Crippen molar-refractivity contribution in [3.63, 3.8) is 0 Å². The maximum absolute atomic E-state index is 11.9. The van der Waals surface area contributed by atoms with Gasteiger partial charge in [-0.3, -0.25) is 9.78 Å². The highest BCUT2D eigenvalue weighted by Crippen LogP contribution is 2.28. The molecule has 6 nitrogen and oxygen atoms in total. The number of nitrogens with zero attached hydrogens (tertiary/aromatic N) is 1. The van der Waals surface area contributed by atoms with Crippen molar-refractivity contribution < 1.29 is 19.8 Å². The Balaban J connectivity index is 2.29. The van der Waals surface area contributed by atoms with Crippen molar-refractivity contribution in [3.05, 3.63) is 40.5 Å². The van der Waals surface area contributed by atoms with Crippen LogP contribution in [-0.4, -0.2) is 27.1 Å². The molecule has 0 radical (unpaired) electrons. The number of anilines is 1. The summed E-state index contributed by atoms with van der Waals surface area (Å²) in [5.74, 6) is -1.95. The summed E-state index contributed by atoms with van der Waals surface area (Å²) < 4.78 is 0. The molecule has 0 aliphatic rings. The van der Waals surface area contributed by atoms with Gasteiger partial charge in [-0.25, -0.2) is 4.79 Å². The largest absolute Gasteiger partial charge is 0.505 e. The monoisotopic (exact) mass is 278 g/mol. The molecule has 2 rings (SSSR count). The van der Waals surface area contributed by atoms with Crippen molar-refractivity contribution in [2.24, 2.45) is 0 Å². The average Bonchev–Trinajstić information content (AvgIpc) is 2.70. The summed E-state index contributed by atoms with van der Waals surface area (Å²) >= 11 is 1.16. The third-order valence-electron chi connectivity index (χ3n) is 2.36. The molecule has 0 aromatic carbocycles. The molecule has 2 aromatic rings. The summed E-state index contributed by atoms with van der Waals surface area (Å²) in [7, 11) is 0. The van der Waals surface area contributed by atoms with E-state index in [9.17, 15) is 14.7 Å². The van der Waals surface area contributed by atoms with Crippen LogP contribution in [0.4, 0.5) is 5.00 Å². The van der Waals surface area contributed by atoms with Gasteiger partial charge in [0.25, 0.3) is 5.91 Å². The Labute approximate surface area is 112 Å². The maximum Gasteiger partial charge on any atom is 0.338 e. The van der Waals surface area contributed by atoms with E-state index in [-0.39, 0.29) is 21.9 Å². The first-order valence-electron chi connectivity index (χ1n) is 5.27. The molecule has 0 fully saturated rings. The van der Waals surface area contributed by atoms with Gasteiger partial charge in [-0.2, -0.15) is 0 Å². The van der Waals surface area contributed by atoms with Crippen molar-refractivity contribution in [2.45, 2.75) is 6.92 Å². The number of aryl methyl sites for hydroxylation is 1. The minimum Gasteiger partial charge on any atom is -0.505 e. The SMILES string of the molecule is Cc1cc(C(=O)O)c(NC(=O)c2ccncc2O)s1. The van der Waals surface area contributed by atoms with Crippen LogP contribution in [0.1, 0.15) is 25.6 Å². The zero-order valence-electron chi connectivity index (χ0n) is 9.88. The summed E-state index contributed by atoms with van der Waals surface area (Å²) in [5.41, 5.74) is 0.0711. The number of pyridine rings is 1. The summed E-state index contributed by atoms with van der Waals surface area (Å²) in [5, 5.41) is 21.2. The van der Waals surface area contributed by atoms with E-state index in [0.717, 1.165) is 22.4 Å². The number of hydrogen-bond acceptors (Lipinski definition) is 5. The Morgan fingerprint density at radius 3 is 2.74 bits per heavy atom. The highest BCUT2D eigenvalue weighted by atomic mass is 32.1. The third-order valence-corrected chi connectivity index (χ3v) is 3.32. The van der Waals surface area contributed by atoms with E-state index in [0.29, 0.717) is 0 Å². The molecule has 0 saturated heterocycles. The number of carbonyl (C=O) groups excluding carboxylic acids is 1. The number of nitrogens with one attached hydrogen (secondary N) is 1. The molecular weight excluding hydrogens is 268 g/mol. The number of carboxylic acid groups (broad SMARTS) is 1. The molecular formula is C12H10N2O4S. The minimum atomic E-state index is -1.11. The van der Waals surface area contributed by atoms with Crippen LogP contribution in [0.25, 0.3) is 0 Å². The number of thiophene rings is 1. The van der Waals surface area contributed by atoms with Gasteiger partial charge in [0.2, 0.25) is 0 Å². The van der Waals surface area contributed by atoms with E-state index >= 15 is 0 Å². The van der Waals surface area contributed by atoms with Crippen LogP contribution >= 0.6 is 11.3 Å². The van der Waals surface area contributed by atoms with Gasteiger partial charge < -0.3 is 15.5 Å². The van der Waals surface area contributed by atoms with E-state index in [2.05, 4.69) is 10.3 Å². The number of amides is 1. The van der Waals surface area contributed by atoms with E-state index < -0.39 is 11.9 Å². The van der Waals surface area contributed by atoms with Gasteiger partial charge in [-0.05, 0) is 19.1 Å². The number of rotatable bonds is 3. The molecule has 19 heavy (non-hydrogen) atoms. The Kier molecular flexibility index (Phi) is 3.48. The second-order valence-electron chi connectivity index (χ2n) is 3.75. The topological polar surface area (TPSA) is 99.5 Å². The van der Waals surface area contributed by atoms with Crippen LogP contribution in [-0.2, 0) is 0 Å². The smallest absolute Gasteiger partial charge is 0.338 e. The highest BCUT2D eigenvalue weighted by molar-refractivity contribution is 7.16.